The van der Waals surface area contributed by atoms with E-state index in [2.05, 4.69) is 17.2 Å². The van der Waals surface area contributed by atoms with E-state index in [1.807, 2.05) is 30.3 Å². The first-order valence-corrected chi connectivity index (χ1v) is 12.6. The topological polar surface area (TPSA) is 95.6 Å². The summed E-state index contributed by atoms with van der Waals surface area (Å²) in [5.74, 6) is -0.191. The molecule has 2 amide bonds. The molecule has 2 N–H and O–H groups in total. The Morgan fingerprint density at radius 3 is 2.42 bits per heavy atom. The van der Waals surface area contributed by atoms with E-state index < -0.39 is 10.0 Å². The van der Waals surface area contributed by atoms with Crippen LogP contribution in [0.4, 0.5) is 0 Å². The SMILES string of the molecule is C=CC(=O)NCC1CCN(S(=O)(=O)c2ccc(C(=O)NCCc3ccccc3)c(C)c2)CC1. The minimum Gasteiger partial charge on any atom is -0.352 e. The van der Waals surface area contributed by atoms with Crippen molar-refractivity contribution in [2.75, 3.05) is 26.2 Å². The second kappa shape index (κ2) is 11.2. The molecular formula is C25H31N3O4S. The average Bonchev–Trinajstić information content (AvgIpc) is 2.83. The van der Waals surface area contributed by atoms with Gasteiger partial charge in [-0.25, -0.2) is 8.42 Å². The molecule has 8 heteroatoms. The lowest BCUT2D eigenvalue weighted by Gasteiger charge is -2.31. The summed E-state index contributed by atoms with van der Waals surface area (Å²) in [5.41, 5.74) is 2.23. The Hall–Kier alpha value is -2.97. The first-order chi connectivity index (χ1) is 15.8. The molecule has 1 heterocycles. The average molecular weight is 470 g/mol. The van der Waals surface area contributed by atoms with Gasteiger partial charge in [0.2, 0.25) is 15.9 Å². The lowest BCUT2D eigenvalue weighted by atomic mass is 9.98. The first kappa shape index (κ1) is 24.7. The minimum absolute atomic E-state index is 0.194. The van der Waals surface area contributed by atoms with Crippen LogP contribution >= 0.6 is 0 Å². The highest BCUT2D eigenvalue weighted by molar-refractivity contribution is 7.89. The number of aryl methyl sites for hydroxylation is 1. The highest BCUT2D eigenvalue weighted by atomic mass is 32.2. The van der Waals surface area contributed by atoms with E-state index in [1.165, 1.54) is 16.4 Å². The zero-order chi connectivity index (χ0) is 23.8. The predicted octanol–water partition coefficient (Wildman–Crippen LogP) is 2.67. The van der Waals surface area contributed by atoms with Gasteiger partial charge < -0.3 is 10.6 Å². The molecule has 33 heavy (non-hydrogen) atoms. The maximum atomic E-state index is 13.1. The lowest BCUT2D eigenvalue weighted by Crippen LogP contribution is -2.41. The summed E-state index contributed by atoms with van der Waals surface area (Å²) in [4.78, 5) is 24.1. The van der Waals surface area contributed by atoms with Crippen LogP contribution in [0.15, 0.2) is 66.1 Å². The first-order valence-electron chi connectivity index (χ1n) is 11.1. The maximum Gasteiger partial charge on any atom is 0.251 e. The Morgan fingerprint density at radius 1 is 1.09 bits per heavy atom. The van der Waals surface area contributed by atoms with Crippen LogP contribution in [0.5, 0.6) is 0 Å². The summed E-state index contributed by atoms with van der Waals surface area (Å²) < 4.78 is 27.7. The number of sulfonamides is 1. The zero-order valence-electron chi connectivity index (χ0n) is 18.9. The Bertz CT molecular complexity index is 1090. The van der Waals surface area contributed by atoms with Gasteiger partial charge in [0.05, 0.1) is 4.90 Å². The van der Waals surface area contributed by atoms with E-state index in [1.54, 1.807) is 19.1 Å². The second-order valence-electron chi connectivity index (χ2n) is 8.26. The maximum absolute atomic E-state index is 13.1. The molecule has 0 spiro atoms. The van der Waals surface area contributed by atoms with Crippen LogP contribution in [0.2, 0.25) is 0 Å². The molecular weight excluding hydrogens is 438 g/mol. The van der Waals surface area contributed by atoms with Gasteiger partial charge >= 0.3 is 0 Å². The van der Waals surface area contributed by atoms with E-state index in [4.69, 9.17) is 0 Å². The van der Waals surface area contributed by atoms with Crippen LogP contribution < -0.4 is 10.6 Å². The van der Waals surface area contributed by atoms with Crippen molar-refractivity contribution in [1.29, 1.82) is 0 Å². The Morgan fingerprint density at radius 2 is 1.79 bits per heavy atom. The monoisotopic (exact) mass is 469 g/mol. The number of piperidine rings is 1. The van der Waals surface area contributed by atoms with E-state index >= 15 is 0 Å². The van der Waals surface area contributed by atoms with Crippen molar-refractivity contribution in [2.24, 2.45) is 5.92 Å². The molecule has 1 aliphatic heterocycles. The van der Waals surface area contributed by atoms with Gasteiger partial charge in [0.15, 0.2) is 0 Å². The molecule has 0 bridgehead atoms. The molecule has 2 aromatic carbocycles. The molecule has 1 saturated heterocycles. The molecule has 1 aliphatic rings. The lowest BCUT2D eigenvalue weighted by molar-refractivity contribution is -0.116. The minimum atomic E-state index is -3.64. The molecule has 1 fully saturated rings. The van der Waals surface area contributed by atoms with Crippen molar-refractivity contribution in [2.45, 2.75) is 31.1 Å². The van der Waals surface area contributed by atoms with Crippen molar-refractivity contribution in [3.05, 3.63) is 77.9 Å². The molecule has 7 nitrogen and oxygen atoms in total. The van der Waals surface area contributed by atoms with E-state index in [0.717, 1.165) is 12.0 Å². The number of carbonyl (C=O) groups is 2. The summed E-state index contributed by atoms with van der Waals surface area (Å²) >= 11 is 0. The fourth-order valence-electron chi connectivity index (χ4n) is 3.93. The van der Waals surface area contributed by atoms with E-state index in [0.29, 0.717) is 50.1 Å². The largest absolute Gasteiger partial charge is 0.352 e. The van der Waals surface area contributed by atoms with Crippen LogP contribution in [-0.2, 0) is 21.2 Å². The van der Waals surface area contributed by atoms with Gasteiger partial charge in [-0.3, -0.25) is 9.59 Å². The molecule has 2 aromatic rings. The fraction of sp³-hybridized carbons (Fsp3) is 0.360. The number of carbonyl (C=O) groups excluding carboxylic acids is 2. The summed E-state index contributed by atoms with van der Waals surface area (Å²) in [6.07, 6.45) is 3.32. The highest BCUT2D eigenvalue weighted by Crippen LogP contribution is 2.25. The molecule has 0 unspecified atom stereocenters. The molecule has 0 saturated carbocycles. The second-order valence-corrected chi connectivity index (χ2v) is 10.2. The van der Waals surface area contributed by atoms with E-state index in [9.17, 15) is 18.0 Å². The molecule has 3 rings (SSSR count). The van der Waals surface area contributed by atoms with Crippen molar-refractivity contribution < 1.29 is 18.0 Å². The normalized spacial score (nSPS) is 15.1. The number of hydrogen-bond acceptors (Lipinski definition) is 4. The van der Waals surface area contributed by atoms with Crippen molar-refractivity contribution in [3.8, 4) is 0 Å². The number of rotatable bonds is 9. The third-order valence-electron chi connectivity index (χ3n) is 5.95. The fourth-order valence-corrected chi connectivity index (χ4v) is 5.49. The van der Waals surface area contributed by atoms with Crippen LogP contribution in [-0.4, -0.2) is 50.7 Å². The quantitative estimate of drug-likeness (QED) is 0.552. The number of amides is 2. The molecule has 0 aromatic heterocycles. The predicted molar refractivity (Wildman–Crippen MR) is 128 cm³/mol. The van der Waals surface area contributed by atoms with Gasteiger partial charge in [-0.15, -0.1) is 0 Å². The van der Waals surface area contributed by atoms with Gasteiger partial charge in [-0.05, 0) is 67.5 Å². The highest BCUT2D eigenvalue weighted by Gasteiger charge is 2.30. The van der Waals surface area contributed by atoms with Gasteiger partial charge in [-0.2, -0.15) is 4.31 Å². The van der Waals surface area contributed by atoms with Gasteiger partial charge in [0.1, 0.15) is 0 Å². The Kier molecular flexibility index (Phi) is 8.41. The number of nitrogens with one attached hydrogen (secondary N) is 2. The standard InChI is InChI=1S/C25H31N3O4S/c1-3-24(29)27-18-21-12-15-28(16-13-21)33(31,32)22-9-10-23(19(2)17-22)25(30)26-14-11-20-7-5-4-6-8-20/h3-10,17,21H,1,11-16,18H2,2H3,(H,26,30)(H,27,29). The van der Waals surface area contributed by atoms with Crippen molar-refractivity contribution in [3.63, 3.8) is 0 Å². The zero-order valence-corrected chi connectivity index (χ0v) is 19.7. The smallest absolute Gasteiger partial charge is 0.251 e. The van der Waals surface area contributed by atoms with Crippen LogP contribution in [0.25, 0.3) is 0 Å². The van der Waals surface area contributed by atoms with Crippen molar-refractivity contribution >= 4 is 21.8 Å². The number of hydrogen-bond donors (Lipinski definition) is 2. The molecule has 176 valence electrons. The third-order valence-corrected chi connectivity index (χ3v) is 7.84. The Balaban J connectivity index is 1.57. The summed E-state index contributed by atoms with van der Waals surface area (Å²) in [6, 6.07) is 14.6. The summed E-state index contributed by atoms with van der Waals surface area (Å²) in [6.45, 7) is 7.00. The number of benzene rings is 2. The van der Waals surface area contributed by atoms with Crippen LogP contribution in [0, 0.1) is 12.8 Å². The van der Waals surface area contributed by atoms with Crippen LogP contribution in [0.1, 0.15) is 34.3 Å². The summed E-state index contributed by atoms with van der Waals surface area (Å²) in [7, 11) is -3.64. The van der Waals surface area contributed by atoms with Crippen LogP contribution in [0.3, 0.4) is 0 Å². The Labute approximate surface area is 195 Å². The van der Waals surface area contributed by atoms with Gasteiger partial charge in [-0.1, -0.05) is 36.9 Å². The van der Waals surface area contributed by atoms with E-state index in [-0.39, 0.29) is 22.6 Å². The third kappa shape index (κ3) is 6.52. The molecule has 0 aliphatic carbocycles. The van der Waals surface area contributed by atoms with Crippen molar-refractivity contribution in [1.82, 2.24) is 14.9 Å². The number of nitrogens with zero attached hydrogens (tertiary/aromatic N) is 1. The summed E-state index contributed by atoms with van der Waals surface area (Å²) in [5, 5.41) is 5.68. The molecule has 0 radical (unpaired) electrons. The molecule has 0 atom stereocenters. The van der Waals surface area contributed by atoms with Gasteiger partial charge in [0.25, 0.3) is 5.91 Å². The van der Waals surface area contributed by atoms with Gasteiger partial charge in [0, 0.05) is 31.7 Å².